The predicted octanol–water partition coefficient (Wildman–Crippen LogP) is 1.61. The van der Waals surface area contributed by atoms with Gasteiger partial charge in [0.25, 0.3) is 5.69 Å². The topological polar surface area (TPSA) is 94.0 Å². The van der Waals surface area contributed by atoms with Crippen LogP contribution >= 0.6 is 0 Å². The molecule has 0 aromatic heterocycles. The predicted molar refractivity (Wildman–Crippen MR) is 78.2 cm³/mol. The first kappa shape index (κ1) is 16.1. The van der Waals surface area contributed by atoms with Crippen molar-refractivity contribution in [2.24, 2.45) is 10.9 Å². The van der Waals surface area contributed by atoms with E-state index >= 15 is 0 Å². The van der Waals surface area contributed by atoms with Crippen molar-refractivity contribution in [1.82, 2.24) is 4.90 Å². The molecule has 20 heavy (non-hydrogen) atoms. The van der Waals surface area contributed by atoms with Crippen molar-refractivity contribution in [3.05, 3.63) is 33.9 Å². The van der Waals surface area contributed by atoms with Gasteiger partial charge in [-0.15, -0.1) is 0 Å². The highest BCUT2D eigenvalue weighted by Gasteiger charge is 2.10. The van der Waals surface area contributed by atoms with Gasteiger partial charge in [0.05, 0.1) is 11.5 Å². The van der Waals surface area contributed by atoms with Crippen molar-refractivity contribution >= 4 is 11.9 Å². The van der Waals surface area contributed by atoms with Crippen LogP contribution in [-0.4, -0.2) is 42.2 Å². The van der Waals surface area contributed by atoms with Crippen molar-refractivity contribution in [2.45, 2.75) is 13.8 Å². The zero-order valence-electron chi connectivity index (χ0n) is 11.8. The smallest absolute Gasteiger partial charge is 0.270 e. The number of non-ortho nitro benzene ring substituents is 1. The molecule has 2 N–H and O–H groups in total. The number of nitro groups is 1. The molecule has 0 saturated carbocycles. The van der Waals surface area contributed by atoms with E-state index in [9.17, 15) is 10.1 Å². The summed E-state index contributed by atoms with van der Waals surface area (Å²) in [6, 6.07) is 4.20. The highest BCUT2D eigenvalue weighted by Crippen LogP contribution is 2.21. The van der Waals surface area contributed by atoms with E-state index in [-0.39, 0.29) is 5.69 Å². The Morgan fingerprint density at radius 1 is 1.45 bits per heavy atom. The lowest BCUT2D eigenvalue weighted by Crippen LogP contribution is -2.25. The molecule has 0 saturated heterocycles. The van der Waals surface area contributed by atoms with E-state index in [2.05, 4.69) is 28.6 Å². The van der Waals surface area contributed by atoms with Crippen LogP contribution in [0.1, 0.15) is 19.4 Å². The molecule has 1 aromatic rings. The largest absolute Gasteiger partial charge is 0.411 e. The van der Waals surface area contributed by atoms with E-state index < -0.39 is 4.92 Å². The number of nitrogens with zero attached hydrogens (tertiary/aromatic N) is 3. The zero-order valence-corrected chi connectivity index (χ0v) is 11.8. The second-order valence-electron chi connectivity index (χ2n) is 4.16. The fourth-order valence-electron chi connectivity index (χ4n) is 1.76. The van der Waals surface area contributed by atoms with Gasteiger partial charge in [-0.2, -0.15) is 5.90 Å². The van der Waals surface area contributed by atoms with Crippen molar-refractivity contribution < 1.29 is 9.76 Å². The number of benzene rings is 1. The number of likely N-dealkylation sites (N-methyl/N-ethyl adjacent to an activating group) is 1. The quantitative estimate of drug-likeness (QED) is 0.443. The summed E-state index contributed by atoms with van der Waals surface area (Å²) in [5.41, 5.74) is 0.484. The maximum Gasteiger partial charge on any atom is 0.270 e. The Morgan fingerprint density at radius 2 is 2.15 bits per heavy atom. The molecule has 0 radical (unpaired) electrons. The van der Waals surface area contributed by atoms with Gasteiger partial charge in [-0.05, 0) is 19.2 Å². The summed E-state index contributed by atoms with van der Waals surface area (Å²) < 4.78 is 0. The molecule has 0 aliphatic heterocycles. The zero-order chi connectivity index (χ0) is 15.0. The molecule has 1 rings (SSSR count). The number of rotatable bonds is 8. The summed E-state index contributed by atoms with van der Waals surface area (Å²) in [5.74, 6) is 5.50. The Balaban J connectivity index is 2.74. The lowest BCUT2D eigenvalue weighted by atomic mass is 10.2. The molecule has 1 aromatic carbocycles. The number of nitro benzene ring substituents is 1. The third-order valence-electron chi connectivity index (χ3n) is 3.00. The van der Waals surface area contributed by atoms with E-state index in [1.807, 2.05) is 0 Å². The molecule has 0 aliphatic rings. The van der Waals surface area contributed by atoms with Gasteiger partial charge in [0, 0.05) is 30.5 Å². The van der Waals surface area contributed by atoms with E-state index in [4.69, 9.17) is 5.90 Å². The monoisotopic (exact) mass is 280 g/mol. The fraction of sp³-hybridized carbons (Fsp3) is 0.462. The van der Waals surface area contributed by atoms with Gasteiger partial charge in [-0.1, -0.05) is 13.8 Å². The third kappa shape index (κ3) is 4.60. The van der Waals surface area contributed by atoms with Crippen LogP contribution in [0.4, 0.5) is 5.69 Å². The maximum atomic E-state index is 10.7. The van der Waals surface area contributed by atoms with Crippen LogP contribution < -0.4 is 10.7 Å². The highest BCUT2D eigenvalue weighted by atomic mass is 16.6. The molecule has 7 nitrogen and oxygen atoms in total. The number of hydrogen-bond donors (Lipinski definition) is 1. The summed E-state index contributed by atoms with van der Waals surface area (Å²) in [5, 5.41) is 10.7. The third-order valence-corrected chi connectivity index (χ3v) is 3.00. The van der Waals surface area contributed by atoms with Crippen LogP contribution in [-0.2, 0) is 0 Å². The van der Waals surface area contributed by atoms with Crippen LogP contribution in [0.5, 0.6) is 5.75 Å². The van der Waals surface area contributed by atoms with Crippen LogP contribution in [0.3, 0.4) is 0 Å². The van der Waals surface area contributed by atoms with E-state index in [0.29, 0.717) is 17.9 Å². The SMILES string of the molecule is CCN(CC)CCN=Cc1cc([N+](=O)[O-])ccc1ON. The summed E-state index contributed by atoms with van der Waals surface area (Å²) in [6.07, 6.45) is 1.55. The molecule has 0 fully saturated rings. The van der Waals surface area contributed by atoms with Crippen LogP contribution in [0.15, 0.2) is 23.2 Å². The van der Waals surface area contributed by atoms with Crippen molar-refractivity contribution in [3.8, 4) is 5.75 Å². The summed E-state index contributed by atoms with van der Waals surface area (Å²) in [6.45, 7) is 7.59. The highest BCUT2D eigenvalue weighted by molar-refractivity contribution is 5.84. The molecule has 7 heteroatoms. The minimum atomic E-state index is -0.465. The molecule has 0 unspecified atom stereocenters. The van der Waals surface area contributed by atoms with Gasteiger partial charge in [0.2, 0.25) is 0 Å². The number of nitrogens with two attached hydrogens (primary N) is 1. The van der Waals surface area contributed by atoms with E-state index in [1.54, 1.807) is 6.21 Å². The molecule has 0 heterocycles. The molecule has 0 aliphatic carbocycles. The molecule has 0 amide bonds. The van der Waals surface area contributed by atoms with E-state index in [1.165, 1.54) is 18.2 Å². The molecule has 0 atom stereocenters. The molecule has 110 valence electrons. The van der Waals surface area contributed by atoms with Gasteiger partial charge in [0.15, 0.2) is 5.75 Å². The first-order chi connectivity index (χ1) is 9.62. The fourth-order valence-corrected chi connectivity index (χ4v) is 1.76. The molecular formula is C13H20N4O3. The minimum Gasteiger partial charge on any atom is -0.411 e. The first-order valence-corrected chi connectivity index (χ1v) is 6.49. The second kappa shape index (κ2) is 8.23. The van der Waals surface area contributed by atoms with Crippen LogP contribution in [0, 0.1) is 10.1 Å². The second-order valence-corrected chi connectivity index (χ2v) is 4.16. The Labute approximate surface area is 118 Å². The van der Waals surface area contributed by atoms with Gasteiger partial charge in [-0.3, -0.25) is 15.1 Å². The van der Waals surface area contributed by atoms with Crippen molar-refractivity contribution in [1.29, 1.82) is 0 Å². The Kier molecular flexibility index (Phi) is 6.61. The molecule has 0 spiro atoms. The first-order valence-electron chi connectivity index (χ1n) is 6.49. The van der Waals surface area contributed by atoms with Crippen molar-refractivity contribution in [2.75, 3.05) is 26.2 Å². The van der Waals surface area contributed by atoms with Gasteiger partial charge >= 0.3 is 0 Å². The van der Waals surface area contributed by atoms with Gasteiger partial charge in [0.1, 0.15) is 0 Å². The van der Waals surface area contributed by atoms with Gasteiger partial charge in [-0.25, -0.2) is 0 Å². The lowest BCUT2D eigenvalue weighted by Gasteiger charge is -2.15. The summed E-state index contributed by atoms with van der Waals surface area (Å²) in [4.78, 5) is 21.4. The number of hydrogen-bond acceptors (Lipinski definition) is 6. The average molecular weight is 280 g/mol. The lowest BCUT2D eigenvalue weighted by molar-refractivity contribution is -0.384. The molecule has 0 bridgehead atoms. The summed E-state index contributed by atoms with van der Waals surface area (Å²) >= 11 is 0. The number of aliphatic imine (C=N–C) groups is 1. The Hall–Kier alpha value is -1.99. The standard InChI is InChI=1S/C13H20N4O3/c1-3-16(4-2)8-7-15-10-11-9-12(17(18)19)5-6-13(11)20-14/h5-6,9-10H,3-4,7-8,14H2,1-2H3. The Bertz CT molecular complexity index is 473. The van der Waals surface area contributed by atoms with Crippen LogP contribution in [0.25, 0.3) is 0 Å². The average Bonchev–Trinajstić information content (AvgIpc) is 2.47. The maximum absolute atomic E-state index is 10.7. The van der Waals surface area contributed by atoms with Crippen LogP contribution in [0.2, 0.25) is 0 Å². The summed E-state index contributed by atoms with van der Waals surface area (Å²) in [7, 11) is 0. The van der Waals surface area contributed by atoms with Crippen molar-refractivity contribution in [3.63, 3.8) is 0 Å². The normalized spacial score (nSPS) is 11.2. The minimum absolute atomic E-state index is 0.0176. The van der Waals surface area contributed by atoms with E-state index in [0.717, 1.165) is 19.6 Å². The molecular weight excluding hydrogens is 260 g/mol. The Morgan fingerprint density at radius 3 is 2.70 bits per heavy atom. The van der Waals surface area contributed by atoms with Gasteiger partial charge < -0.3 is 9.74 Å².